The zero-order valence-corrected chi connectivity index (χ0v) is 10.2. The van der Waals surface area contributed by atoms with E-state index in [2.05, 4.69) is 0 Å². The van der Waals surface area contributed by atoms with Crippen molar-refractivity contribution in [1.82, 2.24) is 0 Å². The van der Waals surface area contributed by atoms with Crippen molar-refractivity contribution in [3.8, 4) is 0 Å². The Balaban J connectivity index is 2.28. The van der Waals surface area contributed by atoms with E-state index in [4.69, 9.17) is 17.3 Å². The van der Waals surface area contributed by atoms with Crippen molar-refractivity contribution in [3.05, 3.63) is 53.1 Å². The van der Waals surface area contributed by atoms with Crippen molar-refractivity contribution in [2.24, 2.45) is 0 Å². The number of halogens is 3. The van der Waals surface area contributed by atoms with Gasteiger partial charge in [-0.05, 0) is 36.4 Å². The van der Waals surface area contributed by atoms with Crippen molar-refractivity contribution >= 4 is 29.1 Å². The number of nitrogen functional groups attached to an aromatic ring is 1. The molecule has 5 heteroatoms. The summed E-state index contributed by atoms with van der Waals surface area (Å²) in [6.07, 6.45) is 0. The number of benzene rings is 2. The minimum Gasteiger partial charge on any atom is -0.398 e. The van der Waals surface area contributed by atoms with Gasteiger partial charge >= 0.3 is 0 Å². The summed E-state index contributed by atoms with van der Waals surface area (Å²) in [7, 11) is 0. The van der Waals surface area contributed by atoms with E-state index in [0.717, 1.165) is 17.0 Å². The van der Waals surface area contributed by atoms with Crippen LogP contribution in [0.15, 0.2) is 46.2 Å². The first kappa shape index (κ1) is 12.2. The highest BCUT2D eigenvalue weighted by Crippen LogP contribution is 2.33. The molecule has 2 N–H and O–H groups in total. The fraction of sp³-hybridized carbons (Fsp3) is 0. The monoisotopic (exact) mass is 271 g/mol. The van der Waals surface area contributed by atoms with Gasteiger partial charge in [-0.3, -0.25) is 0 Å². The number of hydrogen-bond acceptors (Lipinski definition) is 2. The van der Waals surface area contributed by atoms with Gasteiger partial charge in [-0.1, -0.05) is 23.4 Å². The molecule has 0 unspecified atom stereocenters. The molecule has 0 amide bonds. The molecular formula is C12H8ClF2NS. The number of hydrogen-bond donors (Lipinski definition) is 1. The van der Waals surface area contributed by atoms with Crippen LogP contribution >= 0.6 is 23.4 Å². The number of anilines is 1. The van der Waals surface area contributed by atoms with Crippen LogP contribution in [0.1, 0.15) is 0 Å². The van der Waals surface area contributed by atoms with Crippen LogP contribution in [0.3, 0.4) is 0 Å². The summed E-state index contributed by atoms with van der Waals surface area (Å²) >= 11 is 7.02. The van der Waals surface area contributed by atoms with Gasteiger partial charge in [0.1, 0.15) is 0 Å². The van der Waals surface area contributed by atoms with Crippen LogP contribution < -0.4 is 5.73 Å². The Bertz CT molecular complexity index is 560. The molecule has 0 saturated heterocycles. The Morgan fingerprint density at radius 2 is 1.76 bits per heavy atom. The first-order valence-electron chi connectivity index (χ1n) is 4.74. The lowest BCUT2D eigenvalue weighted by Gasteiger charge is -2.06. The summed E-state index contributed by atoms with van der Waals surface area (Å²) in [5.74, 6) is -1.74. The fourth-order valence-corrected chi connectivity index (χ4v) is 2.33. The molecule has 0 heterocycles. The first-order valence-corrected chi connectivity index (χ1v) is 5.93. The minimum absolute atomic E-state index is 0.507. The van der Waals surface area contributed by atoms with Crippen LogP contribution in [0, 0.1) is 11.6 Å². The molecule has 0 fully saturated rings. The lowest BCUT2D eigenvalue weighted by Crippen LogP contribution is -1.89. The van der Waals surface area contributed by atoms with Crippen LogP contribution in [0.5, 0.6) is 0 Å². The number of rotatable bonds is 2. The highest BCUT2D eigenvalue weighted by atomic mass is 35.5. The average molecular weight is 272 g/mol. The summed E-state index contributed by atoms with van der Waals surface area (Å²) in [6.45, 7) is 0. The third-order valence-corrected chi connectivity index (χ3v) is 3.41. The van der Waals surface area contributed by atoms with Crippen molar-refractivity contribution in [1.29, 1.82) is 0 Å². The highest BCUT2D eigenvalue weighted by molar-refractivity contribution is 7.99. The Morgan fingerprint density at radius 1 is 1.00 bits per heavy atom. The molecule has 0 aliphatic rings. The van der Waals surface area contributed by atoms with Crippen LogP contribution in [0.2, 0.25) is 5.02 Å². The van der Waals surface area contributed by atoms with Crippen molar-refractivity contribution in [2.75, 3.05) is 5.73 Å². The predicted octanol–water partition coefficient (Wildman–Crippen LogP) is 4.35. The van der Waals surface area contributed by atoms with Crippen molar-refractivity contribution < 1.29 is 8.78 Å². The Morgan fingerprint density at radius 3 is 2.41 bits per heavy atom. The zero-order valence-electron chi connectivity index (χ0n) is 8.58. The van der Waals surface area contributed by atoms with Crippen molar-refractivity contribution in [2.45, 2.75) is 9.79 Å². The molecule has 0 saturated carbocycles. The molecule has 0 aliphatic heterocycles. The van der Waals surface area contributed by atoms with Crippen LogP contribution in [-0.4, -0.2) is 0 Å². The summed E-state index contributed by atoms with van der Waals surface area (Å²) in [5, 5.41) is 0.539. The first-order chi connectivity index (χ1) is 8.06. The van der Waals surface area contributed by atoms with E-state index in [0.29, 0.717) is 15.6 Å². The molecule has 2 aromatic rings. The maximum Gasteiger partial charge on any atom is 0.159 e. The van der Waals surface area contributed by atoms with Gasteiger partial charge in [-0.15, -0.1) is 0 Å². The van der Waals surface area contributed by atoms with Gasteiger partial charge in [-0.2, -0.15) is 0 Å². The normalized spacial score (nSPS) is 10.5. The second kappa shape index (κ2) is 4.94. The lowest BCUT2D eigenvalue weighted by atomic mass is 10.3. The van der Waals surface area contributed by atoms with E-state index >= 15 is 0 Å². The number of nitrogens with two attached hydrogens (primary N) is 1. The standard InChI is InChI=1S/C12H8ClF2NS/c13-7-1-4-12(11(16)5-7)17-8-2-3-9(14)10(15)6-8/h1-6H,16H2. The minimum atomic E-state index is -0.873. The molecule has 0 bridgehead atoms. The van der Waals surface area contributed by atoms with E-state index in [-0.39, 0.29) is 0 Å². The molecule has 88 valence electrons. The van der Waals surface area contributed by atoms with E-state index in [1.54, 1.807) is 18.2 Å². The second-order valence-electron chi connectivity index (χ2n) is 3.36. The van der Waals surface area contributed by atoms with Gasteiger partial charge < -0.3 is 5.73 Å². The highest BCUT2D eigenvalue weighted by Gasteiger charge is 2.06. The fourth-order valence-electron chi connectivity index (χ4n) is 1.28. The van der Waals surface area contributed by atoms with E-state index in [1.807, 2.05) is 0 Å². The van der Waals surface area contributed by atoms with E-state index in [9.17, 15) is 8.78 Å². The van der Waals surface area contributed by atoms with Gasteiger partial charge in [-0.25, -0.2) is 8.78 Å². The topological polar surface area (TPSA) is 26.0 Å². The smallest absolute Gasteiger partial charge is 0.159 e. The zero-order chi connectivity index (χ0) is 12.4. The summed E-state index contributed by atoms with van der Waals surface area (Å²) < 4.78 is 25.7. The van der Waals surface area contributed by atoms with Gasteiger partial charge in [0, 0.05) is 20.5 Å². The molecule has 0 aliphatic carbocycles. The molecule has 2 rings (SSSR count). The maximum atomic E-state index is 13.0. The van der Waals surface area contributed by atoms with Crippen LogP contribution in [0.25, 0.3) is 0 Å². The molecule has 2 aromatic carbocycles. The summed E-state index contributed by atoms with van der Waals surface area (Å²) in [6, 6.07) is 8.77. The predicted molar refractivity (Wildman–Crippen MR) is 66.3 cm³/mol. The molecule has 0 spiro atoms. The Kier molecular flexibility index (Phi) is 3.54. The summed E-state index contributed by atoms with van der Waals surface area (Å²) in [5.41, 5.74) is 6.27. The van der Waals surface area contributed by atoms with Gasteiger partial charge in [0.2, 0.25) is 0 Å². The Hall–Kier alpha value is -1.26. The maximum absolute atomic E-state index is 13.0. The third-order valence-electron chi connectivity index (χ3n) is 2.09. The largest absolute Gasteiger partial charge is 0.398 e. The third kappa shape index (κ3) is 2.90. The second-order valence-corrected chi connectivity index (χ2v) is 4.91. The van der Waals surface area contributed by atoms with Crippen LogP contribution in [0.4, 0.5) is 14.5 Å². The molecule has 0 atom stereocenters. The summed E-state index contributed by atoms with van der Waals surface area (Å²) in [4.78, 5) is 1.33. The molecule has 0 aromatic heterocycles. The van der Waals surface area contributed by atoms with E-state index < -0.39 is 11.6 Å². The molecule has 0 radical (unpaired) electrons. The van der Waals surface area contributed by atoms with Gasteiger partial charge in [0.05, 0.1) is 0 Å². The van der Waals surface area contributed by atoms with Crippen molar-refractivity contribution in [3.63, 3.8) is 0 Å². The van der Waals surface area contributed by atoms with Gasteiger partial charge in [0.25, 0.3) is 0 Å². The van der Waals surface area contributed by atoms with E-state index in [1.165, 1.54) is 17.8 Å². The lowest BCUT2D eigenvalue weighted by molar-refractivity contribution is 0.506. The SMILES string of the molecule is Nc1cc(Cl)ccc1Sc1ccc(F)c(F)c1. The Labute approximate surface area is 107 Å². The molecular weight excluding hydrogens is 264 g/mol. The molecule has 17 heavy (non-hydrogen) atoms. The van der Waals surface area contributed by atoms with Gasteiger partial charge in [0.15, 0.2) is 11.6 Å². The van der Waals surface area contributed by atoms with Crippen LogP contribution in [-0.2, 0) is 0 Å². The molecule has 1 nitrogen and oxygen atoms in total. The average Bonchev–Trinajstić information content (AvgIpc) is 2.27. The quantitative estimate of drug-likeness (QED) is 0.822.